The van der Waals surface area contributed by atoms with Gasteiger partial charge in [0.25, 0.3) is 5.91 Å². The Hall–Kier alpha value is -2.81. The average Bonchev–Trinajstić information content (AvgIpc) is 3.32. The summed E-state index contributed by atoms with van der Waals surface area (Å²) in [5.74, 6) is 0.606. The SMILES string of the molecule is CCn1ccnc1CNC(=O)[C@@H]1C[C@@H](O)[C@H](NC(=O)c2ccnc(C(C)C)n2)C1. The zero-order valence-electron chi connectivity index (χ0n) is 17.0. The summed E-state index contributed by atoms with van der Waals surface area (Å²) in [6.07, 6.45) is 5.03. The van der Waals surface area contributed by atoms with Crippen molar-refractivity contribution in [3.8, 4) is 0 Å². The highest BCUT2D eigenvalue weighted by atomic mass is 16.3. The van der Waals surface area contributed by atoms with Crippen LogP contribution in [-0.4, -0.2) is 48.6 Å². The van der Waals surface area contributed by atoms with Crippen LogP contribution in [0.2, 0.25) is 0 Å². The van der Waals surface area contributed by atoms with Crippen molar-refractivity contribution in [1.82, 2.24) is 30.2 Å². The van der Waals surface area contributed by atoms with Crippen molar-refractivity contribution >= 4 is 11.8 Å². The molecule has 156 valence electrons. The minimum atomic E-state index is -0.779. The number of aliphatic hydroxyl groups excluding tert-OH is 1. The molecule has 2 amide bonds. The third-order valence-electron chi connectivity index (χ3n) is 5.20. The number of carbonyl (C=O) groups excluding carboxylic acids is 2. The summed E-state index contributed by atoms with van der Waals surface area (Å²) in [5.41, 5.74) is 0.259. The Kier molecular flexibility index (Phi) is 6.58. The van der Waals surface area contributed by atoms with Gasteiger partial charge in [0.2, 0.25) is 5.91 Å². The number of hydrogen-bond acceptors (Lipinski definition) is 6. The maximum absolute atomic E-state index is 12.5. The Morgan fingerprint density at radius 3 is 2.79 bits per heavy atom. The van der Waals surface area contributed by atoms with Crippen molar-refractivity contribution in [2.75, 3.05) is 0 Å². The van der Waals surface area contributed by atoms with Crippen LogP contribution in [0.5, 0.6) is 0 Å². The predicted octanol–water partition coefficient (Wildman–Crippen LogP) is 1.00. The monoisotopic (exact) mass is 400 g/mol. The van der Waals surface area contributed by atoms with E-state index in [-0.39, 0.29) is 29.3 Å². The van der Waals surface area contributed by atoms with Gasteiger partial charge in [0.05, 0.1) is 18.7 Å². The second-order valence-corrected chi connectivity index (χ2v) is 7.62. The van der Waals surface area contributed by atoms with Crippen LogP contribution in [-0.2, 0) is 17.9 Å². The van der Waals surface area contributed by atoms with Gasteiger partial charge in [-0.25, -0.2) is 15.0 Å². The van der Waals surface area contributed by atoms with Crippen molar-refractivity contribution < 1.29 is 14.7 Å². The number of rotatable bonds is 7. The Morgan fingerprint density at radius 2 is 2.07 bits per heavy atom. The molecule has 3 atom stereocenters. The number of imidazole rings is 1. The molecule has 1 aliphatic carbocycles. The molecule has 1 fully saturated rings. The lowest BCUT2D eigenvalue weighted by Crippen LogP contribution is -2.40. The third-order valence-corrected chi connectivity index (χ3v) is 5.20. The van der Waals surface area contributed by atoms with Crippen LogP contribution >= 0.6 is 0 Å². The fourth-order valence-corrected chi connectivity index (χ4v) is 3.51. The first-order valence-electron chi connectivity index (χ1n) is 9.98. The Bertz CT molecular complexity index is 865. The molecule has 2 aromatic rings. The zero-order chi connectivity index (χ0) is 21.0. The van der Waals surface area contributed by atoms with Gasteiger partial charge in [-0.3, -0.25) is 9.59 Å². The predicted molar refractivity (Wildman–Crippen MR) is 106 cm³/mol. The summed E-state index contributed by atoms with van der Waals surface area (Å²) in [6, 6.07) is 1.05. The highest BCUT2D eigenvalue weighted by Crippen LogP contribution is 2.26. The molecule has 3 N–H and O–H groups in total. The van der Waals surface area contributed by atoms with Crippen LogP contribution in [0, 0.1) is 5.92 Å². The first-order valence-corrected chi connectivity index (χ1v) is 9.98. The van der Waals surface area contributed by atoms with E-state index in [0.29, 0.717) is 25.2 Å². The summed E-state index contributed by atoms with van der Waals surface area (Å²) >= 11 is 0. The van der Waals surface area contributed by atoms with E-state index < -0.39 is 12.1 Å². The summed E-state index contributed by atoms with van der Waals surface area (Å²) in [5, 5.41) is 16.0. The highest BCUT2D eigenvalue weighted by molar-refractivity contribution is 5.92. The number of nitrogens with zero attached hydrogens (tertiary/aromatic N) is 4. The molecule has 3 rings (SSSR count). The topological polar surface area (TPSA) is 122 Å². The Balaban J connectivity index is 1.55. The second-order valence-electron chi connectivity index (χ2n) is 7.62. The summed E-state index contributed by atoms with van der Waals surface area (Å²) in [6.45, 7) is 7.03. The molecule has 0 aromatic carbocycles. The maximum Gasteiger partial charge on any atom is 0.270 e. The van der Waals surface area contributed by atoms with Gasteiger partial charge in [0, 0.05) is 37.0 Å². The number of carbonyl (C=O) groups is 2. The molecular formula is C20H28N6O3. The molecule has 1 aliphatic rings. The van der Waals surface area contributed by atoms with E-state index >= 15 is 0 Å². The third kappa shape index (κ3) is 4.97. The van der Waals surface area contributed by atoms with Crippen molar-refractivity contribution in [2.24, 2.45) is 5.92 Å². The summed E-state index contributed by atoms with van der Waals surface area (Å²) in [4.78, 5) is 37.7. The van der Waals surface area contributed by atoms with E-state index in [1.807, 2.05) is 31.5 Å². The van der Waals surface area contributed by atoms with Crippen LogP contribution < -0.4 is 10.6 Å². The fraction of sp³-hybridized carbons (Fsp3) is 0.550. The minimum absolute atomic E-state index is 0.108. The molecule has 0 bridgehead atoms. The Morgan fingerprint density at radius 1 is 1.28 bits per heavy atom. The second kappa shape index (κ2) is 9.13. The van der Waals surface area contributed by atoms with Gasteiger partial charge < -0.3 is 20.3 Å². The molecule has 2 heterocycles. The molecule has 0 saturated heterocycles. The van der Waals surface area contributed by atoms with E-state index in [0.717, 1.165) is 12.4 Å². The molecule has 0 unspecified atom stereocenters. The van der Waals surface area contributed by atoms with E-state index in [1.165, 1.54) is 0 Å². The minimum Gasteiger partial charge on any atom is -0.391 e. The van der Waals surface area contributed by atoms with Crippen LogP contribution in [0.3, 0.4) is 0 Å². The molecule has 1 saturated carbocycles. The molecule has 9 heteroatoms. The molecule has 0 aliphatic heterocycles. The Labute approximate surface area is 170 Å². The fourth-order valence-electron chi connectivity index (χ4n) is 3.51. The van der Waals surface area contributed by atoms with Crippen molar-refractivity contribution in [3.05, 3.63) is 42.0 Å². The van der Waals surface area contributed by atoms with Crippen molar-refractivity contribution in [3.63, 3.8) is 0 Å². The standard InChI is InChI=1S/C20H28N6O3/c1-4-26-8-7-21-17(26)11-23-19(28)13-9-15(16(27)10-13)25-20(29)14-5-6-22-18(24-14)12(2)3/h5-8,12-13,15-16,27H,4,9-11H2,1-3H3,(H,23,28)(H,25,29)/t13-,15+,16+/m0/s1. The number of amides is 2. The van der Waals surface area contributed by atoms with Gasteiger partial charge in [-0.1, -0.05) is 13.8 Å². The van der Waals surface area contributed by atoms with E-state index in [4.69, 9.17) is 0 Å². The molecule has 0 radical (unpaired) electrons. The van der Waals surface area contributed by atoms with Crippen LogP contribution in [0.4, 0.5) is 0 Å². The van der Waals surface area contributed by atoms with Crippen LogP contribution in [0.25, 0.3) is 0 Å². The first-order chi connectivity index (χ1) is 13.9. The number of aryl methyl sites for hydroxylation is 1. The molecule has 2 aromatic heterocycles. The number of nitrogens with one attached hydrogen (secondary N) is 2. The normalized spacial score (nSPS) is 21.3. The maximum atomic E-state index is 12.5. The van der Waals surface area contributed by atoms with Gasteiger partial charge in [0.15, 0.2) is 0 Å². The quantitative estimate of drug-likeness (QED) is 0.637. The number of aromatic nitrogens is 4. The molecular weight excluding hydrogens is 372 g/mol. The van der Waals surface area contributed by atoms with Crippen LogP contribution in [0.15, 0.2) is 24.7 Å². The number of aliphatic hydroxyl groups is 1. The zero-order valence-corrected chi connectivity index (χ0v) is 17.0. The lowest BCUT2D eigenvalue weighted by molar-refractivity contribution is -0.125. The lowest BCUT2D eigenvalue weighted by Gasteiger charge is -2.16. The van der Waals surface area contributed by atoms with Crippen LogP contribution in [0.1, 0.15) is 61.7 Å². The average molecular weight is 400 g/mol. The summed E-state index contributed by atoms with van der Waals surface area (Å²) in [7, 11) is 0. The molecule has 9 nitrogen and oxygen atoms in total. The van der Waals surface area contributed by atoms with Crippen molar-refractivity contribution in [1.29, 1.82) is 0 Å². The summed E-state index contributed by atoms with van der Waals surface area (Å²) < 4.78 is 1.96. The van der Waals surface area contributed by atoms with Gasteiger partial charge in [0.1, 0.15) is 17.3 Å². The van der Waals surface area contributed by atoms with Gasteiger partial charge in [-0.2, -0.15) is 0 Å². The highest BCUT2D eigenvalue weighted by Gasteiger charge is 2.38. The molecule has 29 heavy (non-hydrogen) atoms. The lowest BCUT2D eigenvalue weighted by atomic mass is 10.1. The van der Waals surface area contributed by atoms with Gasteiger partial charge in [-0.05, 0) is 25.8 Å². The van der Waals surface area contributed by atoms with E-state index in [9.17, 15) is 14.7 Å². The van der Waals surface area contributed by atoms with E-state index in [2.05, 4.69) is 25.6 Å². The van der Waals surface area contributed by atoms with Gasteiger partial charge in [-0.15, -0.1) is 0 Å². The van der Waals surface area contributed by atoms with Gasteiger partial charge >= 0.3 is 0 Å². The smallest absolute Gasteiger partial charge is 0.270 e. The number of hydrogen-bond donors (Lipinski definition) is 3. The molecule has 0 spiro atoms. The van der Waals surface area contributed by atoms with E-state index in [1.54, 1.807) is 18.5 Å². The largest absolute Gasteiger partial charge is 0.391 e. The van der Waals surface area contributed by atoms with Crippen molar-refractivity contribution in [2.45, 2.75) is 64.8 Å². The first kappa shape index (κ1) is 20.9.